The molecule has 0 atom stereocenters. The smallest absolute Gasteiger partial charge is 0.161 e. The summed E-state index contributed by atoms with van der Waals surface area (Å²) in [6.07, 6.45) is 2.41. The summed E-state index contributed by atoms with van der Waals surface area (Å²) >= 11 is 1.11. The molecule has 1 N–H and O–H groups in total. The summed E-state index contributed by atoms with van der Waals surface area (Å²) in [5.41, 5.74) is 0.933. The summed E-state index contributed by atoms with van der Waals surface area (Å²) in [7, 11) is 0. The van der Waals surface area contributed by atoms with E-state index in [9.17, 15) is 22.7 Å². The molecule has 0 unspecified atom stereocenters. The number of rotatable bonds is 2. The standard InChI is InChI=1S/C19H12F4OS.C2H6/c20-10-4-5-11-16(6-10)25-19(18(24)9-2-1-3-9)17(11)12-7-14(22)15(23)8-13(12)21;1-2/h4-8,24H,1-3H2;1-2H3. The van der Waals surface area contributed by atoms with Crippen LogP contribution in [0.1, 0.15) is 38.0 Å². The lowest BCUT2D eigenvalue weighted by molar-refractivity contribution is 0.488. The Morgan fingerprint density at radius 1 is 0.926 bits per heavy atom. The van der Waals surface area contributed by atoms with Crippen LogP contribution in [0.5, 0.6) is 0 Å². The molecule has 1 fully saturated rings. The SMILES string of the molecule is CC.OC(=C1CCC1)c1sc2cc(F)ccc2c1-c1cc(F)c(F)cc1F. The highest BCUT2D eigenvalue weighted by molar-refractivity contribution is 7.20. The molecule has 0 amide bonds. The maximum absolute atomic E-state index is 14.4. The van der Waals surface area contributed by atoms with Crippen LogP contribution in [-0.4, -0.2) is 5.11 Å². The number of thiophene rings is 1. The zero-order valence-electron chi connectivity index (χ0n) is 14.9. The van der Waals surface area contributed by atoms with Crippen LogP contribution in [0.25, 0.3) is 27.0 Å². The second-order valence-corrected chi connectivity index (χ2v) is 7.05. The molecule has 0 radical (unpaired) electrons. The molecule has 6 heteroatoms. The monoisotopic (exact) mass is 394 g/mol. The van der Waals surface area contributed by atoms with E-state index in [1.165, 1.54) is 18.2 Å². The van der Waals surface area contributed by atoms with Gasteiger partial charge in [-0.2, -0.15) is 0 Å². The number of hydrogen-bond acceptors (Lipinski definition) is 2. The number of fused-ring (bicyclic) bond motifs is 1. The molecule has 27 heavy (non-hydrogen) atoms. The van der Waals surface area contributed by atoms with Gasteiger partial charge in [-0.05, 0) is 49.1 Å². The summed E-state index contributed by atoms with van der Waals surface area (Å²) in [6.45, 7) is 4.00. The lowest BCUT2D eigenvalue weighted by Crippen LogP contribution is -2.01. The molecular formula is C21H18F4OS. The van der Waals surface area contributed by atoms with Crippen molar-refractivity contribution in [2.24, 2.45) is 0 Å². The second kappa shape index (κ2) is 7.72. The minimum absolute atomic E-state index is 0.0204. The van der Waals surface area contributed by atoms with Crippen molar-refractivity contribution in [1.29, 1.82) is 0 Å². The van der Waals surface area contributed by atoms with E-state index in [2.05, 4.69) is 0 Å². The van der Waals surface area contributed by atoms with Crippen molar-refractivity contribution in [3.8, 4) is 11.1 Å². The van der Waals surface area contributed by atoms with Gasteiger partial charge in [-0.25, -0.2) is 17.6 Å². The van der Waals surface area contributed by atoms with Gasteiger partial charge in [-0.3, -0.25) is 0 Å². The third-order valence-corrected chi connectivity index (χ3v) is 5.60. The minimum atomic E-state index is -1.28. The van der Waals surface area contributed by atoms with Gasteiger partial charge in [0.15, 0.2) is 11.6 Å². The summed E-state index contributed by atoms with van der Waals surface area (Å²) < 4.78 is 55.4. The third-order valence-electron chi connectivity index (χ3n) is 4.44. The molecule has 4 rings (SSSR count). The van der Waals surface area contributed by atoms with Gasteiger partial charge in [-0.15, -0.1) is 11.3 Å². The van der Waals surface area contributed by atoms with Crippen molar-refractivity contribution in [1.82, 2.24) is 0 Å². The van der Waals surface area contributed by atoms with Gasteiger partial charge in [0.1, 0.15) is 17.4 Å². The fourth-order valence-corrected chi connectivity index (χ4v) is 4.20. The van der Waals surface area contributed by atoms with Gasteiger partial charge < -0.3 is 5.11 Å². The van der Waals surface area contributed by atoms with Crippen molar-refractivity contribution in [3.63, 3.8) is 0 Å². The highest BCUT2D eigenvalue weighted by atomic mass is 32.1. The molecule has 2 aromatic carbocycles. The summed E-state index contributed by atoms with van der Waals surface area (Å²) in [5, 5.41) is 11.1. The zero-order valence-corrected chi connectivity index (χ0v) is 15.7. The van der Waals surface area contributed by atoms with Gasteiger partial charge in [0.25, 0.3) is 0 Å². The van der Waals surface area contributed by atoms with E-state index in [4.69, 9.17) is 0 Å². The molecule has 0 spiro atoms. The normalized spacial score (nSPS) is 13.2. The first kappa shape index (κ1) is 19.4. The van der Waals surface area contributed by atoms with Crippen molar-refractivity contribution < 1.29 is 22.7 Å². The maximum Gasteiger partial charge on any atom is 0.161 e. The maximum atomic E-state index is 14.4. The zero-order chi connectivity index (χ0) is 19.7. The number of aliphatic hydroxyl groups is 1. The van der Waals surface area contributed by atoms with Crippen LogP contribution >= 0.6 is 11.3 Å². The van der Waals surface area contributed by atoms with Crippen molar-refractivity contribution in [2.75, 3.05) is 0 Å². The Morgan fingerprint density at radius 2 is 1.59 bits per heavy atom. The van der Waals surface area contributed by atoms with E-state index >= 15 is 0 Å². The molecule has 0 saturated heterocycles. The Hall–Kier alpha value is -2.34. The average Bonchev–Trinajstić information content (AvgIpc) is 2.96. The van der Waals surface area contributed by atoms with Gasteiger partial charge in [0.05, 0.1) is 4.88 Å². The van der Waals surface area contributed by atoms with E-state index in [1.807, 2.05) is 13.8 Å². The lowest BCUT2D eigenvalue weighted by Gasteiger charge is -2.18. The van der Waals surface area contributed by atoms with Crippen LogP contribution in [0.3, 0.4) is 0 Å². The van der Waals surface area contributed by atoms with Crippen LogP contribution in [0, 0.1) is 23.3 Å². The van der Waals surface area contributed by atoms with Crippen molar-refractivity contribution in [3.05, 3.63) is 64.1 Å². The summed E-state index contributed by atoms with van der Waals surface area (Å²) in [4.78, 5) is 0.347. The van der Waals surface area contributed by atoms with E-state index in [1.54, 1.807) is 0 Å². The molecule has 0 aliphatic heterocycles. The van der Waals surface area contributed by atoms with Gasteiger partial charge in [0, 0.05) is 27.3 Å². The lowest BCUT2D eigenvalue weighted by atomic mass is 9.89. The van der Waals surface area contributed by atoms with Gasteiger partial charge in [0.2, 0.25) is 0 Å². The van der Waals surface area contributed by atoms with Crippen molar-refractivity contribution >= 4 is 27.2 Å². The number of allylic oxidation sites excluding steroid dienone is 1. The second-order valence-electron chi connectivity index (χ2n) is 6.00. The first-order valence-corrected chi connectivity index (χ1v) is 9.55. The highest BCUT2D eigenvalue weighted by Crippen LogP contribution is 2.45. The molecule has 1 heterocycles. The fourth-order valence-electron chi connectivity index (χ4n) is 2.97. The summed E-state index contributed by atoms with van der Waals surface area (Å²) in [5.74, 6) is -3.84. The van der Waals surface area contributed by atoms with E-state index in [0.29, 0.717) is 21.0 Å². The summed E-state index contributed by atoms with van der Waals surface area (Å²) in [6, 6.07) is 5.21. The largest absolute Gasteiger partial charge is 0.506 e. The Balaban J connectivity index is 0.00000102. The van der Waals surface area contributed by atoms with Gasteiger partial charge in [-0.1, -0.05) is 13.8 Å². The van der Waals surface area contributed by atoms with Crippen LogP contribution in [-0.2, 0) is 0 Å². The van der Waals surface area contributed by atoms with Crippen LogP contribution in [0.2, 0.25) is 0 Å². The van der Waals surface area contributed by atoms with Crippen molar-refractivity contribution in [2.45, 2.75) is 33.1 Å². The van der Waals surface area contributed by atoms with E-state index < -0.39 is 23.3 Å². The topological polar surface area (TPSA) is 20.2 Å². The van der Waals surface area contributed by atoms with Gasteiger partial charge >= 0.3 is 0 Å². The number of aliphatic hydroxyl groups excluding tert-OH is 1. The predicted molar refractivity (Wildman–Crippen MR) is 102 cm³/mol. The molecule has 0 bridgehead atoms. The molecule has 1 saturated carbocycles. The number of hydrogen-bond donors (Lipinski definition) is 1. The molecule has 3 aromatic rings. The first-order valence-electron chi connectivity index (χ1n) is 8.74. The molecular weight excluding hydrogens is 376 g/mol. The third kappa shape index (κ3) is 3.46. The Labute approximate surface area is 158 Å². The Bertz CT molecular complexity index is 1030. The number of halogens is 4. The molecule has 1 aliphatic carbocycles. The molecule has 1 aliphatic rings. The van der Waals surface area contributed by atoms with Crippen LogP contribution in [0.4, 0.5) is 17.6 Å². The van der Waals surface area contributed by atoms with Crippen LogP contribution < -0.4 is 0 Å². The Morgan fingerprint density at radius 3 is 2.22 bits per heavy atom. The average molecular weight is 394 g/mol. The first-order chi connectivity index (χ1) is 13.0. The Kier molecular flexibility index (Phi) is 5.56. The predicted octanol–water partition coefficient (Wildman–Crippen LogP) is 7.60. The van der Waals surface area contributed by atoms with E-state index in [0.717, 1.165) is 42.2 Å². The quantitative estimate of drug-likeness (QED) is 0.269. The molecule has 142 valence electrons. The highest BCUT2D eigenvalue weighted by Gasteiger charge is 2.25. The number of benzene rings is 2. The van der Waals surface area contributed by atoms with E-state index in [-0.39, 0.29) is 16.9 Å². The molecule has 1 aromatic heterocycles. The molecule has 1 nitrogen and oxygen atoms in total. The fraction of sp³-hybridized carbons (Fsp3) is 0.238. The van der Waals surface area contributed by atoms with Crippen LogP contribution in [0.15, 0.2) is 35.9 Å². The minimum Gasteiger partial charge on any atom is -0.506 e.